The number of pyridine rings is 1. The van der Waals surface area contributed by atoms with Gasteiger partial charge in [-0.2, -0.15) is 11.8 Å². The number of thioether (sulfide) groups is 1. The van der Waals surface area contributed by atoms with Gasteiger partial charge in [0.1, 0.15) is 0 Å². The molecule has 0 radical (unpaired) electrons. The number of halogens is 1. The molecule has 54 heavy (non-hydrogen) atoms. The third-order valence-corrected chi connectivity index (χ3v) is 12.1. The van der Waals surface area contributed by atoms with Crippen LogP contribution in [0.3, 0.4) is 0 Å². The second-order valence-electron chi connectivity index (χ2n) is 15.1. The molecule has 0 spiro atoms. The number of rotatable bonds is 13. The van der Waals surface area contributed by atoms with E-state index in [9.17, 15) is 15.0 Å². The molecule has 1 unspecified atom stereocenters. The first kappa shape index (κ1) is 39.2. The molecular weight excluding hydrogens is 708 g/mol. The maximum Gasteiger partial charge on any atom is 0.303 e. The minimum absolute atomic E-state index is 0.0814. The lowest BCUT2D eigenvalue weighted by Crippen LogP contribution is -2.18. The first-order valence-corrected chi connectivity index (χ1v) is 20.0. The van der Waals surface area contributed by atoms with Crippen molar-refractivity contribution in [3.8, 4) is 0 Å². The summed E-state index contributed by atoms with van der Waals surface area (Å²) in [6.07, 6.45) is 8.02. The molecule has 7 rings (SSSR count). The highest BCUT2D eigenvalue weighted by molar-refractivity contribution is 7.99. The van der Waals surface area contributed by atoms with Crippen LogP contribution in [0.5, 0.6) is 0 Å². The van der Waals surface area contributed by atoms with E-state index in [1.807, 2.05) is 93.2 Å². The number of hydrogen-bond acceptors (Lipinski definition) is 5. The third kappa shape index (κ3) is 10.4. The molecule has 5 aromatic carbocycles. The molecule has 1 aromatic heterocycles. The Morgan fingerprint density at radius 2 is 1.63 bits per heavy atom. The van der Waals surface area contributed by atoms with Crippen molar-refractivity contribution in [1.29, 1.82) is 0 Å². The Kier molecular flexibility index (Phi) is 12.6. The molecule has 2 atom stereocenters. The van der Waals surface area contributed by atoms with E-state index in [-0.39, 0.29) is 23.1 Å². The van der Waals surface area contributed by atoms with E-state index in [0.717, 1.165) is 64.7 Å². The van der Waals surface area contributed by atoms with E-state index in [2.05, 4.69) is 72.8 Å². The summed E-state index contributed by atoms with van der Waals surface area (Å²) in [4.78, 5) is 16.2. The summed E-state index contributed by atoms with van der Waals surface area (Å²) in [6.45, 7) is 5.67. The number of fused-ring (bicyclic) bond motifs is 2. The molecule has 5 nitrogen and oxygen atoms in total. The normalized spacial score (nSPS) is 14.8. The SMILES string of the molecule is CC(C)(O)c1ccccc1CC[C@@H](SCC1(CC(=O)O)CC1)c1cccc(C=Cc2ccc3ccc(Cl)cc3n2)c1.CC(N)c1cccc2ccccc12. The Morgan fingerprint density at radius 3 is 2.39 bits per heavy atom. The number of aliphatic hydroxyl groups is 1. The van der Waals surface area contributed by atoms with Gasteiger partial charge in [0.2, 0.25) is 0 Å². The van der Waals surface area contributed by atoms with Gasteiger partial charge in [-0.1, -0.05) is 121 Å². The predicted octanol–water partition coefficient (Wildman–Crippen LogP) is 11.8. The lowest BCUT2D eigenvalue weighted by molar-refractivity contribution is -0.138. The van der Waals surface area contributed by atoms with Crippen LogP contribution in [0, 0.1) is 5.41 Å². The molecule has 0 saturated heterocycles. The molecule has 4 N–H and O–H groups in total. The van der Waals surface area contributed by atoms with E-state index in [0.29, 0.717) is 5.02 Å². The standard InChI is InChI=1S/C35H36ClNO3S.C12H13N/c1-34(2,40)30-9-4-3-7-25(30)13-17-32(41-23-35(18-19-35)22-33(38)39)27-8-5-6-24(20-27)10-15-29-16-12-26-11-14-28(36)21-31(26)37-29;1-9(13)11-8-4-6-10-5-2-3-7-12(10)11/h3-12,14-16,20-21,32,40H,13,17-19,22-23H2,1-2H3,(H,38,39);2-9H,13H2,1H3/t32-;/m1./s1. The molecule has 0 amide bonds. The van der Waals surface area contributed by atoms with Gasteiger partial charge in [-0.05, 0) is 115 Å². The van der Waals surface area contributed by atoms with Crippen LogP contribution in [0.25, 0.3) is 33.8 Å². The summed E-state index contributed by atoms with van der Waals surface area (Å²) < 4.78 is 0. The quantitative estimate of drug-likeness (QED) is 0.109. The fourth-order valence-electron chi connectivity index (χ4n) is 7.01. The fourth-order valence-corrected chi connectivity index (χ4v) is 8.74. The van der Waals surface area contributed by atoms with Crippen molar-refractivity contribution < 1.29 is 15.0 Å². The first-order chi connectivity index (χ1) is 25.9. The van der Waals surface area contributed by atoms with Gasteiger partial charge < -0.3 is 15.9 Å². The van der Waals surface area contributed by atoms with Gasteiger partial charge in [0, 0.05) is 27.5 Å². The van der Waals surface area contributed by atoms with Crippen molar-refractivity contribution in [3.05, 3.63) is 160 Å². The van der Waals surface area contributed by atoms with Crippen molar-refractivity contribution in [3.63, 3.8) is 0 Å². The Hall–Kier alpha value is -4.46. The van der Waals surface area contributed by atoms with Gasteiger partial charge in [-0.15, -0.1) is 0 Å². The van der Waals surface area contributed by atoms with Gasteiger partial charge in [0.25, 0.3) is 0 Å². The lowest BCUT2D eigenvalue weighted by Gasteiger charge is -2.24. The molecule has 1 aliphatic carbocycles. The molecular formula is C47H49ClN2O3S. The van der Waals surface area contributed by atoms with Crippen LogP contribution in [0.15, 0.2) is 121 Å². The number of aromatic nitrogens is 1. The zero-order chi connectivity index (χ0) is 38.3. The van der Waals surface area contributed by atoms with Gasteiger partial charge in [-0.3, -0.25) is 4.79 Å². The zero-order valence-electron chi connectivity index (χ0n) is 31.2. The van der Waals surface area contributed by atoms with Crippen molar-refractivity contribution in [2.75, 3.05) is 5.75 Å². The second-order valence-corrected chi connectivity index (χ2v) is 16.7. The van der Waals surface area contributed by atoms with Crippen molar-refractivity contribution in [2.24, 2.45) is 11.1 Å². The molecule has 7 heteroatoms. The maximum absolute atomic E-state index is 11.5. The van der Waals surface area contributed by atoms with Crippen LogP contribution in [0.2, 0.25) is 5.02 Å². The van der Waals surface area contributed by atoms with E-state index < -0.39 is 11.6 Å². The lowest BCUT2D eigenvalue weighted by atomic mass is 9.90. The van der Waals surface area contributed by atoms with Crippen LogP contribution in [-0.4, -0.2) is 26.9 Å². The summed E-state index contributed by atoms with van der Waals surface area (Å²) in [5.41, 5.74) is 12.3. The summed E-state index contributed by atoms with van der Waals surface area (Å²) in [6, 6.07) is 41.2. The van der Waals surface area contributed by atoms with Crippen LogP contribution >= 0.6 is 23.4 Å². The largest absolute Gasteiger partial charge is 0.481 e. The number of benzene rings is 5. The minimum atomic E-state index is -0.911. The van der Waals surface area contributed by atoms with E-state index in [1.165, 1.54) is 21.9 Å². The van der Waals surface area contributed by atoms with Gasteiger partial charge in [-0.25, -0.2) is 4.98 Å². The number of aliphatic carboxylic acids is 1. The molecule has 0 bridgehead atoms. The van der Waals surface area contributed by atoms with Gasteiger partial charge in [0.05, 0.1) is 23.2 Å². The smallest absolute Gasteiger partial charge is 0.303 e. The highest BCUT2D eigenvalue weighted by Crippen LogP contribution is 2.53. The summed E-state index contributed by atoms with van der Waals surface area (Å²) >= 11 is 8.04. The maximum atomic E-state index is 11.5. The van der Waals surface area contributed by atoms with E-state index >= 15 is 0 Å². The summed E-state index contributed by atoms with van der Waals surface area (Å²) in [7, 11) is 0. The van der Waals surface area contributed by atoms with Gasteiger partial charge >= 0.3 is 5.97 Å². The Morgan fingerprint density at radius 1 is 0.907 bits per heavy atom. The Bertz CT molecular complexity index is 2250. The average Bonchev–Trinajstić information content (AvgIpc) is 3.92. The molecule has 1 fully saturated rings. The highest BCUT2D eigenvalue weighted by Gasteiger charge is 2.44. The molecule has 1 heterocycles. The topological polar surface area (TPSA) is 96.4 Å². The van der Waals surface area contributed by atoms with Crippen LogP contribution in [0.4, 0.5) is 0 Å². The average molecular weight is 757 g/mol. The van der Waals surface area contributed by atoms with Crippen molar-refractivity contribution in [1.82, 2.24) is 4.98 Å². The number of hydrogen-bond donors (Lipinski definition) is 3. The number of nitrogens with zero attached hydrogens (tertiary/aromatic N) is 1. The van der Waals surface area contributed by atoms with E-state index in [4.69, 9.17) is 22.3 Å². The summed E-state index contributed by atoms with van der Waals surface area (Å²) in [5, 5.41) is 24.6. The van der Waals surface area contributed by atoms with Crippen LogP contribution < -0.4 is 5.73 Å². The molecule has 278 valence electrons. The number of carbonyl (C=O) groups is 1. The minimum Gasteiger partial charge on any atom is -0.481 e. The monoisotopic (exact) mass is 756 g/mol. The predicted molar refractivity (Wildman–Crippen MR) is 228 cm³/mol. The number of carboxylic acids is 1. The van der Waals surface area contributed by atoms with Crippen molar-refractivity contribution >= 4 is 63.2 Å². The summed E-state index contributed by atoms with van der Waals surface area (Å²) in [5.74, 6) is 0.122. The van der Waals surface area contributed by atoms with Gasteiger partial charge in [0.15, 0.2) is 0 Å². The molecule has 1 aliphatic rings. The molecule has 0 aliphatic heterocycles. The second kappa shape index (κ2) is 17.3. The number of aryl methyl sites for hydroxylation is 1. The van der Waals surface area contributed by atoms with Crippen LogP contribution in [-0.2, 0) is 16.8 Å². The number of nitrogens with two attached hydrogens (primary N) is 1. The Labute approximate surface area is 328 Å². The highest BCUT2D eigenvalue weighted by atomic mass is 35.5. The number of carboxylic acid groups (broad SMARTS) is 1. The fraction of sp³-hybridized carbons (Fsp3) is 0.277. The Balaban J connectivity index is 0.000000321. The third-order valence-electron chi connectivity index (χ3n) is 10.1. The van der Waals surface area contributed by atoms with Crippen LogP contribution in [0.1, 0.15) is 91.3 Å². The molecule has 1 saturated carbocycles. The zero-order valence-corrected chi connectivity index (χ0v) is 32.8. The molecule has 6 aromatic rings. The van der Waals surface area contributed by atoms with E-state index in [1.54, 1.807) is 0 Å². The van der Waals surface area contributed by atoms with Crippen molar-refractivity contribution in [2.45, 2.75) is 69.8 Å². The first-order valence-electron chi connectivity index (χ1n) is 18.6.